The smallest absolute Gasteiger partial charge is 0.307 e. The summed E-state index contributed by atoms with van der Waals surface area (Å²) in [6, 6.07) is 0. The average molecular weight is 204 g/mol. The van der Waals surface area contributed by atoms with E-state index in [1.54, 1.807) is 0 Å². The highest BCUT2D eigenvalue weighted by molar-refractivity contribution is 6.25. The predicted molar refractivity (Wildman–Crippen MR) is 49.3 cm³/mol. The second-order valence-electron chi connectivity index (χ2n) is 1.98. The first-order valence-electron chi connectivity index (χ1n) is 3.86. The molecule has 0 aromatic rings. The molecule has 0 atom stereocenters. The molecule has 0 radical (unpaired) electrons. The lowest BCUT2D eigenvalue weighted by Gasteiger charge is -2.14. The van der Waals surface area contributed by atoms with Crippen LogP contribution in [-0.2, 0) is 18.3 Å². The maximum atomic E-state index is 5.17. The summed E-state index contributed by atoms with van der Waals surface area (Å²) in [5.74, 6) is 0.851. The van der Waals surface area contributed by atoms with E-state index in [0.29, 0.717) is 11.9 Å². The van der Waals surface area contributed by atoms with Crippen LogP contribution in [0.2, 0.25) is 13.1 Å². The molecule has 0 aromatic heterocycles. The van der Waals surface area contributed by atoms with Crippen LogP contribution < -0.4 is 0 Å². The Hall–Kier alpha value is -0.886. The SMILES string of the molecule is C[SiH2]OC1=COC(O[SiH2]C)=CO1. The van der Waals surface area contributed by atoms with Crippen molar-refractivity contribution in [2.45, 2.75) is 13.1 Å². The van der Waals surface area contributed by atoms with Gasteiger partial charge in [0.25, 0.3) is 0 Å². The summed E-state index contributed by atoms with van der Waals surface area (Å²) in [4.78, 5) is 0. The van der Waals surface area contributed by atoms with Crippen LogP contribution in [0.5, 0.6) is 0 Å². The van der Waals surface area contributed by atoms with Crippen LogP contribution in [0.3, 0.4) is 0 Å². The Balaban J connectivity index is 2.32. The molecule has 68 valence electrons. The molecule has 0 aliphatic carbocycles. The van der Waals surface area contributed by atoms with Gasteiger partial charge >= 0.3 is 11.9 Å². The molecule has 0 aromatic carbocycles. The lowest BCUT2D eigenvalue weighted by Crippen LogP contribution is -2.05. The van der Waals surface area contributed by atoms with Crippen molar-refractivity contribution in [3.8, 4) is 0 Å². The minimum atomic E-state index is -0.494. The second kappa shape index (κ2) is 4.88. The molecule has 0 N–H and O–H groups in total. The first-order valence-corrected chi connectivity index (χ1v) is 7.84. The van der Waals surface area contributed by atoms with E-state index in [2.05, 4.69) is 0 Å². The van der Waals surface area contributed by atoms with Crippen LogP contribution in [0, 0.1) is 0 Å². The van der Waals surface area contributed by atoms with Gasteiger partial charge in [-0.05, 0) is 13.1 Å². The second-order valence-corrected chi connectivity index (χ2v) is 3.71. The van der Waals surface area contributed by atoms with E-state index >= 15 is 0 Å². The van der Waals surface area contributed by atoms with Crippen LogP contribution in [0.1, 0.15) is 0 Å². The first-order chi connectivity index (χ1) is 5.86. The number of ether oxygens (including phenoxy) is 2. The fourth-order valence-corrected chi connectivity index (χ4v) is 1.53. The zero-order valence-electron chi connectivity index (χ0n) is 7.20. The molecular weight excluding hydrogens is 192 g/mol. The summed E-state index contributed by atoms with van der Waals surface area (Å²) in [5, 5.41) is 0. The van der Waals surface area contributed by atoms with E-state index in [0.717, 1.165) is 0 Å². The van der Waals surface area contributed by atoms with E-state index in [9.17, 15) is 0 Å². The van der Waals surface area contributed by atoms with Gasteiger partial charge in [0, 0.05) is 0 Å². The molecule has 0 amide bonds. The zero-order chi connectivity index (χ0) is 8.81. The summed E-state index contributed by atoms with van der Waals surface area (Å²) in [7, 11) is -0.988. The summed E-state index contributed by atoms with van der Waals surface area (Å²) in [6.45, 7) is 4.03. The zero-order valence-corrected chi connectivity index (χ0v) is 10.0. The maximum absolute atomic E-state index is 5.17. The maximum Gasteiger partial charge on any atom is 0.307 e. The highest BCUT2D eigenvalue weighted by Gasteiger charge is 2.07. The lowest BCUT2D eigenvalue weighted by atomic mass is 10.8. The third kappa shape index (κ3) is 2.63. The first kappa shape index (κ1) is 9.20. The van der Waals surface area contributed by atoms with E-state index in [-0.39, 0.29) is 0 Å². The van der Waals surface area contributed by atoms with Crippen molar-refractivity contribution in [2.75, 3.05) is 0 Å². The predicted octanol–water partition coefficient (Wildman–Crippen LogP) is -0.0720. The molecule has 4 nitrogen and oxygen atoms in total. The van der Waals surface area contributed by atoms with Gasteiger partial charge in [0.2, 0.25) is 19.5 Å². The monoisotopic (exact) mass is 204 g/mol. The van der Waals surface area contributed by atoms with Gasteiger partial charge in [-0.15, -0.1) is 0 Å². The molecule has 1 aliphatic rings. The Bertz CT molecular complexity index is 180. The van der Waals surface area contributed by atoms with Crippen LogP contribution in [0.15, 0.2) is 24.4 Å². The van der Waals surface area contributed by atoms with Crippen molar-refractivity contribution < 1.29 is 18.3 Å². The van der Waals surface area contributed by atoms with Crippen molar-refractivity contribution in [3.05, 3.63) is 24.4 Å². The number of hydrogen-bond donors (Lipinski definition) is 0. The Morgan fingerprint density at radius 3 is 1.67 bits per heavy atom. The van der Waals surface area contributed by atoms with Gasteiger partial charge in [-0.1, -0.05) is 0 Å². The molecule has 0 saturated carbocycles. The van der Waals surface area contributed by atoms with Gasteiger partial charge in [0.1, 0.15) is 0 Å². The van der Waals surface area contributed by atoms with Crippen LogP contribution in [0.4, 0.5) is 0 Å². The molecule has 1 aliphatic heterocycles. The van der Waals surface area contributed by atoms with Crippen LogP contribution in [-0.4, -0.2) is 19.5 Å². The molecular formula is C6H12O4Si2. The molecule has 0 unspecified atom stereocenters. The normalized spacial score (nSPS) is 17.2. The highest BCUT2D eigenvalue weighted by Crippen LogP contribution is 2.12. The third-order valence-corrected chi connectivity index (χ3v) is 2.26. The van der Waals surface area contributed by atoms with E-state index in [1.807, 2.05) is 13.1 Å². The van der Waals surface area contributed by atoms with Crippen molar-refractivity contribution in [1.29, 1.82) is 0 Å². The summed E-state index contributed by atoms with van der Waals surface area (Å²) in [5.41, 5.74) is 0. The lowest BCUT2D eigenvalue weighted by molar-refractivity contribution is 0.0848. The Kier molecular flexibility index (Phi) is 3.75. The summed E-state index contributed by atoms with van der Waals surface area (Å²) < 4.78 is 20.5. The summed E-state index contributed by atoms with van der Waals surface area (Å²) >= 11 is 0. The van der Waals surface area contributed by atoms with Gasteiger partial charge in [0.05, 0.1) is 0 Å². The van der Waals surface area contributed by atoms with Crippen molar-refractivity contribution >= 4 is 19.5 Å². The molecule has 0 saturated heterocycles. The Morgan fingerprint density at radius 1 is 1.00 bits per heavy atom. The van der Waals surface area contributed by atoms with Crippen LogP contribution in [0.25, 0.3) is 0 Å². The molecule has 12 heavy (non-hydrogen) atoms. The minimum absolute atomic E-state index is 0.425. The Labute approximate surface area is 76.0 Å². The topological polar surface area (TPSA) is 36.9 Å². The van der Waals surface area contributed by atoms with Gasteiger partial charge in [-0.2, -0.15) is 0 Å². The Morgan fingerprint density at radius 2 is 1.42 bits per heavy atom. The van der Waals surface area contributed by atoms with Crippen molar-refractivity contribution in [3.63, 3.8) is 0 Å². The number of hydrogen-bond acceptors (Lipinski definition) is 4. The van der Waals surface area contributed by atoms with Crippen molar-refractivity contribution in [2.24, 2.45) is 0 Å². The van der Waals surface area contributed by atoms with Gasteiger partial charge in [0.15, 0.2) is 12.5 Å². The fourth-order valence-electron chi connectivity index (χ4n) is 0.689. The quantitative estimate of drug-likeness (QED) is 0.601. The van der Waals surface area contributed by atoms with Crippen LogP contribution >= 0.6 is 0 Å². The molecule has 0 spiro atoms. The molecule has 0 fully saturated rings. The van der Waals surface area contributed by atoms with Gasteiger partial charge in [-0.3, -0.25) is 0 Å². The van der Waals surface area contributed by atoms with Gasteiger partial charge in [-0.25, -0.2) is 0 Å². The molecule has 1 rings (SSSR count). The fraction of sp³-hybridized carbons (Fsp3) is 0.333. The molecule has 1 heterocycles. The standard InChI is InChI=1S/C6H12O4Si2/c1-11-9-5-3-8-6(4-7-5)10-12-2/h3-4H,11-12H2,1-2H3. The summed E-state index contributed by atoms with van der Waals surface area (Å²) in [6.07, 6.45) is 2.85. The average Bonchev–Trinajstić information content (AvgIpc) is 2.09. The molecule has 6 heteroatoms. The van der Waals surface area contributed by atoms with E-state index in [1.165, 1.54) is 12.5 Å². The minimum Gasteiger partial charge on any atom is -0.523 e. The third-order valence-electron chi connectivity index (χ3n) is 1.12. The highest BCUT2D eigenvalue weighted by atomic mass is 28.2. The van der Waals surface area contributed by atoms with Crippen molar-refractivity contribution in [1.82, 2.24) is 0 Å². The number of rotatable bonds is 4. The van der Waals surface area contributed by atoms with E-state index in [4.69, 9.17) is 18.3 Å². The molecule has 0 bridgehead atoms. The van der Waals surface area contributed by atoms with E-state index < -0.39 is 19.5 Å². The van der Waals surface area contributed by atoms with Gasteiger partial charge < -0.3 is 18.3 Å². The largest absolute Gasteiger partial charge is 0.523 e.